The average molecular weight is 371 g/mol. The topological polar surface area (TPSA) is 12.0 Å². The van der Waals surface area contributed by atoms with E-state index in [4.69, 9.17) is 0 Å². The summed E-state index contributed by atoms with van der Waals surface area (Å²) < 4.78 is 1.35. The summed E-state index contributed by atoms with van der Waals surface area (Å²) in [5.74, 6) is 1.72. The molecule has 106 valence electrons. The Morgan fingerprint density at radius 1 is 1.26 bits per heavy atom. The first kappa shape index (κ1) is 15.3. The van der Waals surface area contributed by atoms with Gasteiger partial charge in [-0.15, -0.1) is 0 Å². The van der Waals surface area contributed by atoms with E-state index in [0.717, 1.165) is 18.4 Å². The van der Waals surface area contributed by atoms with Crippen molar-refractivity contribution in [3.05, 3.63) is 33.4 Å². The lowest BCUT2D eigenvalue weighted by molar-refractivity contribution is 0.176. The number of hydrogen-bond acceptors (Lipinski definition) is 1. The summed E-state index contributed by atoms with van der Waals surface area (Å²) in [6, 6.07) is 9.59. The predicted octanol–water partition coefficient (Wildman–Crippen LogP) is 5.16. The number of benzene rings is 1. The minimum Gasteiger partial charge on any atom is -0.310 e. The molecule has 0 aliphatic heterocycles. The summed E-state index contributed by atoms with van der Waals surface area (Å²) in [6.07, 6.45) is 6.98. The minimum absolute atomic E-state index is 0.546. The standard InChI is InChI=1S/C17H26IN/c1-3-13-8-5-6-11-16(13)17(19-4-2)14-9-7-10-15(18)12-14/h7,9-10,12-13,16-17,19H,3-6,8,11H2,1-2H3. The Hall–Kier alpha value is -0.0900. The largest absolute Gasteiger partial charge is 0.310 e. The first-order valence-corrected chi connectivity index (χ1v) is 8.83. The molecule has 1 fully saturated rings. The monoisotopic (exact) mass is 371 g/mol. The van der Waals surface area contributed by atoms with Gasteiger partial charge in [0, 0.05) is 9.61 Å². The van der Waals surface area contributed by atoms with Gasteiger partial charge in [0.15, 0.2) is 0 Å². The Labute approximate surface area is 131 Å². The van der Waals surface area contributed by atoms with Crippen LogP contribution in [0.3, 0.4) is 0 Å². The third-order valence-electron chi connectivity index (χ3n) is 4.55. The molecule has 0 bridgehead atoms. The number of halogens is 1. The Bertz CT molecular complexity index is 391. The van der Waals surface area contributed by atoms with Crippen LogP contribution in [0.1, 0.15) is 57.6 Å². The van der Waals surface area contributed by atoms with Crippen LogP contribution >= 0.6 is 22.6 Å². The predicted molar refractivity (Wildman–Crippen MR) is 91.3 cm³/mol. The maximum atomic E-state index is 3.76. The minimum atomic E-state index is 0.546. The van der Waals surface area contributed by atoms with Gasteiger partial charge in [-0.25, -0.2) is 0 Å². The molecule has 1 N–H and O–H groups in total. The molecular weight excluding hydrogens is 345 g/mol. The van der Waals surface area contributed by atoms with Gasteiger partial charge >= 0.3 is 0 Å². The molecule has 2 heteroatoms. The first-order chi connectivity index (χ1) is 9.26. The lowest BCUT2D eigenvalue weighted by Gasteiger charge is -2.37. The van der Waals surface area contributed by atoms with E-state index in [1.807, 2.05) is 0 Å². The third-order valence-corrected chi connectivity index (χ3v) is 5.22. The zero-order valence-corrected chi connectivity index (χ0v) is 14.3. The zero-order chi connectivity index (χ0) is 13.7. The molecule has 3 unspecified atom stereocenters. The highest BCUT2D eigenvalue weighted by atomic mass is 127. The van der Waals surface area contributed by atoms with E-state index in [-0.39, 0.29) is 0 Å². The van der Waals surface area contributed by atoms with Gasteiger partial charge in [0.2, 0.25) is 0 Å². The molecule has 1 aromatic carbocycles. The molecule has 0 aromatic heterocycles. The van der Waals surface area contributed by atoms with Crippen LogP contribution in [0.5, 0.6) is 0 Å². The highest BCUT2D eigenvalue weighted by Gasteiger charge is 2.31. The molecule has 1 saturated carbocycles. The first-order valence-electron chi connectivity index (χ1n) is 7.75. The van der Waals surface area contributed by atoms with Crippen LogP contribution in [0, 0.1) is 15.4 Å². The van der Waals surface area contributed by atoms with E-state index >= 15 is 0 Å². The van der Waals surface area contributed by atoms with Crippen LogP contribution in [0.25, 0.3) is 0 Å². The fourth-order valence-electron chi connectivity index (χ4n) is 3.62. The van der Waals surface area contributed by atoms with Gasteiger partial charge in [0.25, 0.3) is 0 Å². The lowest BCUT2D eigenvalue weighted by atomic mass is 9.72. The number of rotatable bonds is 5. The Morgan fingerprint density at radius 3 is 2.74 bits per heavy atom. The summed E-state index contributed by atoms with van der Waals surface area (Å²) in [5.41, 5.74) is 1.49. The van der Waals surface area contributed by atoms with E-state index in [0.29, 0.717) is 6.04 Å². The average Bonchev–Trinajstić information content (AvgIpc) is 2.45. The van der Waals surface area contributed by atoms with Crippen molar-refractivity contribution >= 4 is 22.6 Å². The van der Waals surface area contributed by atoms with Gasteiger partial charge in [-0.3, -0.25) is 0 Å². The molecule has 1 aromatic rings. The molecule has 0 amide bonds. The van der Waals surface area contributed by atoms with Crippen LogP contribution in [-0.2, 0) is 0 Å². The van der Waals surface area contributed by atoms with Gasteiger partial charge in [-0.1, -0.05) is 51.7 Å². The second kappa shape index (κ2) is 7.63. The third kappa shape index (κ3) is 3.94. The zero-order valence-electron chi connectivity index (χ0n) is 12.2. The van der Waals surface area contributed by atoms with Crippen molar-refractivity contribution in [1.29, 1.82) is 0 Å². The van der Waals surface area contributed by atoms with Gasteiger partial charge < -0.3 is 5.32 Å². The summed E-state index contributed by atoms with van der Waals surface area (Å²) >= 11 is 2.42. The van der Waals surface area contributed by atoms with Gasteiger partial charge in [-0.2, -0.15) is 0 Å². The fraction of sp³-hybridized carbons (Fsp3) is 0.647. The fourth-order valence-corrected chi connectivity index (χ4v) is 4.19. The summed E-state index contributed by atoms with van der Waals surface area (Å²) in [5, 5.41) is 3.76. The number of hydrogen-bond donors (Lipinski definition) is 1. The molecule has 0 radical (unpaired) electrons. The molecule has 19 heavy (non-hydrogen) atoms. The summed E-state index contributed by atoms with van der Waals surface area (Å²) in [7, 11) is 0. The van der Waals surface area contributed by atoms with Crippen molar-refractivity contribution in [2.24, 2.45) is 11.8 Å². The normalized spacial score (nSPS) is 25.2. The Balaban J connectivity index is 2.23. The van der Waals surface area contributed by atoms with Crippen molar-refractivity contribution < 1.29 is 0 Å². The highest BCUT2D eigenvalue weighted by molar-refractivity contribution is 14.1. The highest BCUT2D eigenvalue weighted by Crippen LogP contribution is 2.40. The van der Waals surface area contributed by atoms with Crippen LogP contribution in [-0.4, -0.2) is 6.54 Å². The molecular formula is C17H26IN. The molecule has 0 saturated heterocycles. The van der Waals surface area contributed by atoms with Crippen molar-refractivity contribution in [1.82, 2.24) is 5.32 Å². The van der Waals surface area contributed by atoms with Crippen LogP contribution < -0.4 is 5.32 Å². The van der Waals surface area contributed by atoms with E-state index in [1.165, 1.54) is 41.2 Å². The molecule has 1 aliphatic rings. The molecule has 2 rings (SSSR count). The van der Waals surface area contributed by atoms with E-state index < -0.39 is 0 Å². The molecule has 0 spiro atoms. The van der Waals surface area contributed by atoms with E-state index in [1.54, 1.807) is 0 Å². The SMILES string of the molecule is CCNC(c1cccc(I)c1)C1CCCCC1CC. The molecule has 1 aliphatic carbocycles. The second-order valence-electron chi connectivity index (χ2n) is 5.71. The molecule has 1 nitrogen and oxygen atoms in total. The van der Waals surface area contributed by atoms with Crippen LogP contribution in [0.4, 0.5) is 0 Å². The van der Waals surface area contributed by atoms with Crippen LogP contribution in [0.15, 0.2) is 24.3 Å². The van der Waals surface area contributed by atoms with E-state index in [2.05, 4.69) is 66.0 Å². The molecule has 3 atom stereocenters. The molecule has 0 heterocycles. The Kier molecular flexibility index (Phi) is 6.14. The van der Waals surface area contributed by atoms with Crippen molar-refractivity contribution in [2.75, 3.05) is 6.54 Å². The maximum absolute atomic E-state index is 3.76. The van der Waals surface area contributed by atoms with Crippen molar-refractivity contribution in [3.8, 4) is 0 Å². The Morgan fingerprint density at radius 2 is 2.05 bits per heavy atom. The van der Waals surface area contributed by atoms with Gasteiger partial charge in [-0.05, 0) is 65.1 Å². The van der Waals surface area contributed by atoms with Gasteiger partial charge in [0.05, 0.1) is 0 Å². The maximum Gasteiger partial charge on any atom is 0.0351 e. The lowest BCUT2D eigenvalue weighted by Crippen LogP contribution is -2.34. The number of nitrogens with one attached hydrogen (secondary N) is 1. The quantitative estimate of drug-likeness (QED) is 0.705. The van der Waals surface area contributed by atoms with Crippen molar-refractivity contribution in [2.45, 2.75) is 52.0 Å². The van der Waals surface area contributed by atoms with E-state index in [9.17, 15) is 0 Å². The summed E-state index contributed by atoms with van der Waals surface area (Å²) in [4.78, 5) is 0. The van der Waals surface area contributed by atoms with Gasteiger partial charge in [0.1, 0.15) is 0 Å². The smallest absolute Gasteiger partial charge is 0.0351 e. The second-order valence-corrected chi connectivity index (χ2v) is 6.95. The van der Waals surface area contributed by atoms with Crippen LogP contribution in [0.2, 0.25) is 0 Å². The summed E-state index contributed by atoms with van der Waals surface area (Å²) in [6.45, 7) is 5.65. The van der Waals surface area contributed by atoms with Crippen molar-refractivity contribution in [3.63, 3.8) is 0 Å².